The van der Waals surface area contributed by atoms with E-state index in [-0.39, 0.29) is 5.78 Å². The molecular weight excluding hydrogens is 160 g/mol. The van der Waals surface area contributed by atoms with Crippen molar-refractivity contribution in [2.75, 3.05) is 0 Å². The summed E-state index contributed by atoms with van der Waals surface area (Å²) in [5, 5.41) is 0. The highest BCUT2D eigenvalue weighted by Gasteiger charge is 2.07. The molecule has 1 heteroatoms. The molecule has 0 saturated heterocycles. The van der Waals surface area contributed by atoms with Crippen LogP contribution in [0.25, 0.3) is 5.57 Å². The molecule has 1 aromatic carbocycles. The number of hydrogen-bond acceptors (Lipinski definition) is 1. The molecule has 0 heterocycles. The fraction of sp³-hybridized carbons (Fsp3) is 0.0833. The molecule has 0 fully saturated rings. The number of ketones is 1. The molecule has 0 saturated carbocycles. The van der Waals surface area contributed by atoms with Crippen LogP contribution in [0.2, 0.25) is 0 Å². The first-order valence-corrected chi connectivity index (χ1v) is 4.32. The summed E-state index contributed by atoms with van der Waals surface area (Å²) in [6, 6.07) is 10.00. The lowest BCUT2D eigenvalue weighted by Crippen LogP contribution is -1.98. The highest BCUT2D eigenvalue weighted by atomic mass is 16.1. The molecule has 13 heavy (non-hydrogen) atoms. The van der Waals surface area contributed by atoms with Crippen LogP contribution in [-0.4, -0.2) is 5.78 Å². The fourth-order valence-electron chi connectivity index (χ4n) is 1.43. The highest BCUT2D eigenvalue weighted by molar-refractivity contribution is 6.00. The van der Waals surface area contributed by atoms with E-state index in [1.54, 1.807) is 6.08 Å². The second-order valence-corrected chi connectivity index (χ2v) is 3.06. The van der Waals surface area contributed by atoms with E-state index in [0.717, 1.165) is 11.1 Å². The molecule has 0 amide bonds. The van der Waals surface area contributed by atoms with Crippen LogP contribution in [0.1, 0.15) is 12.0 Å². The van der Waals surface area contributed by atoms with E-state index in [9.17, 15) is 4.79 Å². The molecular formula is C12H10O. The molecule has 64 valence electrons. The lowest BCUT2D eigenvalue weighted by atomic mass is 9.97. The molecule has 0 spiro atoms. The largest absolute Gasteiger partial charge is 0.294 e. The van der Waals surface area contributed by atoms with E-state index < -0.39 is 0 Å². The van der Waals surface area contributed by atoms with Gasteiger partial charge in [0.05, 0.1) is 0 Å². The van der Waals surface area contributed by atoms with E-state index in [2.05, 4.69) is 0 Å². The van der Waals surface area contributed by atoms with E-state index >= 15 is 0 Å². The maximum atomic E-state index is 11.1. The average molecular weight is 170 g/mol. The van der Waals surface area contributed by atoms with Gasteiger partial charge in [0.15, 0.2) is 5.78 Å². The number of rotatable bonds is 1. The molecule has 0 aromatic heterocycles. The molecule has 0 aliphatic heterocycles. The first-order valence-electron chi connectivity index (χ1n) is 4.32. The first-order chi connectivity index (χ1) is 6.36. The van der Waals surface area contributed by atoms with Gasteiger partial charge in [-0.3, -0.25) is 4.79 Å². The molecule has 0 N–H and O–H groups in total. The minimum atomic E-state index is 0.182. The molecule has 0 bridgehead atoms. The molecule has 1 aliphatic rings. The topological polar surface area (TPSA) is 17.1 Å². The molecule has 1 aromatic rings. The molecule has 0 unspecified atom stereocenters. The molecule has 1 aliphatic carbocycles. The number of benzene rings is 1. The van der Waals surface area contributed by atoms with Crippen molar-refractivity contribution in [3.63, 3.8) is 0 Å². The van der Waals surface area contributed by atoms with Crippen molar-refractivity contribution >= 4 is 11.4 Å². The normalized spacial score (nSPS) is 15.7. The second-order valence-electron chi connectivity index (χ2n) is 3.06. The van der Waals surface area contributed by atoms with Crippen LogP contribution in [0.3, 0.4) is 0 Å². The van der Waals surface area contributed by atoms with Gasteiger partial charge in [0.2, 0.25) is 0 Å². The molecule has 1 nitrogen and oxygen atoms in total. The van der Waals surface area contributed by atoms with Gasteiger partial charge in [-0.05, 0) is 17.2 Å². The van der Waals surface area contributed by atoms with Gasteiger partial charge in [0.1, 0.15) is 0 Å². The molecule has 2 rings (SSSR count). The quantitative estimate of drug-likeness (QED) is 0.633. The second kappa shape index (κ2) is 3.40. The predicted molar refractivity (Wildman–Crippen MR) is 53.2 cm³/mol. The zero-order valence-electron chi connectivity index (χ0n) is 7.23. The van der Waals surface area contributed by atoms with Gasteiger partial charge in [0.25, 0.3) is 0 Å². The molecule has 0 atom stereocenters. The highest BCUT2D eigenvalue weighted by Crippen LogP contribution is 2.20. The Hall–Kier alpha value is -1.63. The van der Waals surface area contributed by atoms with Crippen molar-refractivity contribution in [1.82, 2.24) is 0 Å². The van der Waals surface area contributed by atoms with Crippen molar-refractivity contribution in [2.45, 2.75) is 6.42 Å². The summed E-state index contributed by atoms with van der Waals surface area (Å²) in [7, 11) is 0. The van der Waals surface area contributed by atoms with E-state index in [1.165, 1.54) is 0 Å². The average Bonchev–Trinajstić information content (AvgIpc) is 2.19. The van der Waals surface area contributed by atoms with Crippen LogP contribution in [0.4, 0.5) is 0 Å². The Morgan fingerprint density at radius 2 is 1.85 bits per heavy atom. The SMILES string of the molecule is O=C1C=CC=C(c2ccccc2)C1. The number of carbonyl (C=O) groups excluding carboxylic acids is 1. The Morgan fingerprint density at radius 3 is 2.54 bits per heavy atom. The van der Waals surface area contributed by atoms with Crippen LogP contribution in [0, 0.1) is 0 Å². The zero-order chi connectivity index (χ0) is 9.10. The van der Waals surface area contributed by atoms with Gasteiger partial charge in [-0.2, -0.15) is 0 Å². The Morgan fingerprint density at radius 1 is 1.08 bits per heavy atom. The summed E-state index contributed by atoms with van der Waals surface area (Å²) in [6.45, 7) is 0. The minimum absolute atomic E-state index is 0.182. The van der Waals surface area contributed by atoms with Crippen LogP contribution in [0.15, 0.2) is 48.6 Å². The van der Waals surface area contributed by atoms with Crippen molar-refractivity contribution in [1.29, 1.82) is 0 Å². The molecule has 0 radical (unpaired) electrons. The summed E-state index contributed by atoms with van der Waals surface area (Å²) in [4.78, 5) is 11.1. The third-order valence-corrected chi connectivity index (χ3v) is 2.09. The van der Waals surface area contributed by atoms with E-state index in [4.69, 9.17) is 0 Å². The van der Waals surface area contributed by atoms with Gasteiger partial charge in [-0.1, -0.05) is 42.5 Å². The van der Waals surface area contributed by atoms with E-state index in [0.29, 0.717) is 6.42 Å². The first kappa shape index (κ1) is 7.99. The lowest BCUT2D eigenvalue weighted by molar-refractivity contribution is -0.113. The van der Waals surface area contributed by atoms with Crippen molar-refractivity contribution in [3.8, 4) is 0 Å². The maximum absolute atomic E-state index is 11.1. The number of carbonyl (C=O) groups is 1. The van der Waals surface area contributed by atoms with Gasteiger partial charge in [-0.15, -0.1) is 0 Å². The number of hydrogen-bond donors (Lipinski definition) is 0. The fourth-order valence-corrected chi connectivity index (χ4v) is 1.43. The standard InChI is InChI=1S/C12H10O/c13-12-8-4-7-11(9-12)10-5-2-1-3-6-10/h1-8H,9H2. The Balaban J connectivity index is 2.33. The Kier molecular flexibility index (Phi) is 2.09. The van der Waals surface area contributed by atoms with Gasteiger partial charge in [0, 0.05) is 6.42 Å². The van der Waals surface area contributed by atoms with Crippen LogP contribution >= 0.6 is 0 Å². The zero-order valence-corrected chi connectivity index (χ0v) is 7.23. The minimum Gasteiger partial charge on any atom is -0.294 e. The smallest absolute Gasteiger partial charge is 0.160 e. The summed E-state index contributed by atoms with van der Waals surface area (Å²) in [6.07, 6.45) is 5.96. The summed E-state index contributed by atoms with van der Waals surface area (Å²) in [5.41, 5.74) is 2.24. The lowest BCUT2D eigenvalue weighted by Gasteiger charge is -2.07. The Labute approximate surface area is 77.4 Å². The van der Waals surface area contributed by atoms with Gasteiger partial charge < -0.3 is 0 Å². The van der Waals surface area contributed by atoms with Crippen LogP contribution < -0.4 is 0 Å². The number of allylic oxidation sites excluding steroid dienone is 4. The third kappa shape index (κ3) is 1.75. The van der Waals surface area contributed by atoms with Crippen molar-refractivity contribution in [3.05, 3.63) is 54.1 Å². The van der Waals surface area contributed by atoms with Crippen molar-refractivity contribution in [2.24, 2.45) is 0 Å². The van der Waals surface area contributed by atoms with Crippen molar-refractivity contribution < 1.29 is 4.79 Å². The summed E-state index contributed by atoms with van der Waals surface area (Å²) < 4.78 is 0. The van der Waals surface area contributed by atoms with Crippen LogP contribution in [-0.2, 0) is 4.79 Å². The van der Waals surface area contributed by atoms with E-state index in [1.807, 2.05) is 42.5 Å². The van der Waals surface area contributed by atoms with Gasteiger partial charge in [-0.25, -0.2) is 0 Å². The third-order valence-electron chi connectivity index (χ3n) is 2.09. The predicted octanol–water partition coefficient (Wildman–Crippen LogP) is 2.60. The monoisotopic (exact) mass is 170 g/mol. The maximum Gasteiger partial charge on any atom is 0.160 e. The van der Waals surface area contributed by atoms with Gasteiger partial charge >= 0.3 is 0 Å². The van der Waals surface area contributed by atoms with Crippen LogP contribution in [0.5, 0.6) is 0 Å². The summed E-state index contributed by atoms with van der Waals surface area (Å²) >= 11 is 0. The Bertz CT molecular complexity index is 371. The summed E-state index contributed by atoms with van der Waals surface area (Å²) in [5.74, 6) is 0.182.